The van der Waals surface area contributed by atoms with Crippen LogP contribution in [0.3, 0.4) is 0 Å². The Morgan fingerprint density at radius 2 is 2.05 bits per heavy atom. The fourth-order valence-electron chi connectivity index (χ4n) is 2.18. The molecule has 0 atom stereocenters. The molecule has 1 aromatic heterocycles. The Hall–Kier alpha value is -2.07. The first-order valence-corrected chi connectivity index (χ1v) is 7.92. The average molecular weight is 298 g/mol. The van der Waals surface area contributed by atoms with Crippen molar-refractivity contribution >= 4 is 27.2 Å². The average Bonchev–Trinajstić information content (AvgIpc) is 2.93. The van der Waals surface area contributed by atoms with Gasteiger partial charge in [0.05, 0.1) is 21.8 Å². The van der Waals surface area contributed by atoms with Gasteiger partial charge in [0.2, 0.25) is 0 Å². The molecule has 0 amide bonds. The quantitative estimate of drug-likeness (QED) is 0.741. The molecule has 3 rings (SSSR count). The summed E-state index contributed by atoms with van der Waals surface area (Å²) in [4.78, 5) is 4.30. The molecular weight excluding hydrogens is 280 g/mol. The molecule has 21 heavy (non-hydrogen) atoms. The molecule has 0 radical (unpaired) electrons. The second kappa shape index (κ2) is 6.14. The monoisotopic (exact) mass is 298 g/mol. The summed E-state index contributed by atoms with van der Waals surface area (Å²) in [5, 5.41) is 3.46. The molecule has 3 aromatic rings. The van der Waals surface area contributed by atoms with Crippen LogP contribution in [0.5, 0.6) is 5.75 Å². The van der Waals surface area contributed by atoms with E-state index >= 15 is 0 Å². The fourth-order valence-corrected chi connectivity index (χ4v) is 2.90. The highest BCUT2D eigenvalue weighted by molar-refractivity contribution is 7.16. The number of benzene rings is 2. The topological polar surface area (TPSA) is 34.1 Å². The number of para-hydroxylation sites is 1. The number of anilines is 1. The number of fused-ring (bicyclic) bond motifs is 1. The number of rotatable bonds is 5. The van der Waals surface area contributed by atoms with Crippen molar-refractivity contribution in [3.8, 4) is 5.75 Å². The van der Waals surface area contributed by atoms with Gasteiger partial charge in [-0.1, -0.05) is 18.2 Å². The third kappa shape index (κ3) is 3.34. The van der Waals surface area contributed by atoms with Crippen molar-refractivity contribution in [3.05, 3.63) is 53.5 Å². The summed E-state index contributed by atoms with van der Waals surface area (Å²) in [5.74, 6) is 0.943. The minimum absolute atomic E-state index is 0.180. The summed E-state index contributed by atoms with van der Waals surface area (Å²) in [6, 6.07) is 14.4. The van der Waals surface area contributed by atoms with Crippen LogP contribution >= 0.6 is 11.3 Å². The van der Waals surface area contributed by atoms with Crippen LogP contribution in [0.2, 0.25) is 0 Å². The van der Waals surface area contributed by atoms with Gasteiger partial charge in [-0.2, -0.15) is 0 Å². The van der Waals surface area contributed by atoms with Crippen LogP contribution in [0.15, 0.2) is 48.0 Å². The Bertz CT molecular complexity index is 736. The van der Waals surface area contributed by atoms with E-state index in [-0.39, 0.29) is 6.10 Å². The van der Waals surface area contributed by atoms with Crippen LogP contribution in [-0.2, 0) is 6.54 Å². The van der Waals surface area contributed by atoms with Gasteiger partial charge < -0.3 is 10.1 Å². The summed E-state index contributed by atoms with van der Waals surface area (Å²) >= 11 is 1.66. The molecule has 108 valence electrons. The normalized spacial score (nSPS) is 11.0. The fraction of sp³-hybridized carbons (Fsp3) is 0.235. The maximum absolute atomic E-state index is 5.84. The molecule has 0 saturated heterocycles. The predicted molar refractivity (Wildman–Crippen MR) is 89.2 cm³/mol. The van der Waals surface area contributed by atoms with Crippen LogP contribution < -0.4 is 10.1 Å². The SMILES string of the molecule is CC(C)Oc1ccccc1CNc1ccc2ncsc2c1. The molecule has 1 N–H and O–H groups in total. The zero-order valence-electron chi connectivity index (χ0n) is 12.2. The van der Waals surface area contributed by atoms with Crippen molar-refractivity contribution in [2.45, 2.75) is 26.5 Å². The zero-order valence-corrected chi connectivity index (χ0v) is 13.0. The molecule has 4 heteroatoms. The number of hydrogen-bond donors (Lipinski definition) is 1. The van der Waals surface area contributed by atoms with Crippen molar-refractivity contribution in [2.75, 3.05) is 5.32 Å². The van der Waals surface area contributed by atoms with Crippen LogP contribution in [0, 0.1) is 0 Å². The largest absolute Gasteiger partial charge is 0.491 e. The summed E-state index contributed by atoms with van der Waals surface area (Å²) in [6.45, 7) is 4.83. The predicted octanol–water partition coefficient (Wildman–Crippen LogP) is 4.70. The molecule has 3 nitrogen and oxygen atoms in total. The Balaban J connectivity index is 1.74. The molecule has 0 spiro atoms. The first-order valence-electron chi connectivity index (χ1n) is 7.04. The molecule has 0 bridgehead atoms. The minimum Gasteiger partial charge on any atom is -0.491 e. The highest BCUT2D eigenvalue weighted by Gasteiger charge is 2.05. The molecule has 1 heterocycles. The van der Waals surface area contributed by atoms with Crippen LogP contribution in [-0.4, -0.2) is 11.1 Å². The minimum atomic E-state index is 0.180. The standard InChI is InChI=1S/C17H18N2OS/c1-12(2)20-16-6-4-3-5-13(16)10-18-14-7-8-15-17(9-14)21-11-19-15/h3-9,11-12,18H,10H2,1-2H3. The first-order chi connectivity index (χ1) is 10.2. The van der Waals surface area contributed by atoms with Crippen molar-refractivity contribution < 1.29 is 4.74 Å². The summed E-state index contributed by atoms with van der Waals surface area (Å²) in [7, 11) is 0. The van der Waals surface area contributed by atoms with Crippen molar-refractivity contribution in [1.29, 1.82) is 0 Å². The van der Waals surface area contributed by atoms with E-state index in [4.69, 9.17) is 4.74 Å². The van der Waals surface area contributed by atoms with E-state index in [1.165, 1.54) is 4.70 Å². The van der Waals surface area contributed by atoms with E-state index in [2.05, 4.69) is 28.5 Å². The third-order valence-corrected chi connectivity index (χ3v) is 3.94. The van der Waals surface area contributed by atoms with Gasteiger partial charge >= 0.3 is 0 Å². The molecule has 2 aromatic carbocycles. The first kappa shape index (κ1) is 13.9. The summed E-state index contributed by atoms with van der Waals surface area (Å²) in [5.41, 5.74) is 5.19. The van der Waals surface area contributed by atoms with Gasteiger partial charge in [-0.05, 0) is 38.1 Å². The number of nitrogens with zero attached hydrogens (tertiary/aromatic N) is 1. The van der Waals surface area contributed by atoms with E-state index in [0.717, 1.165) is 29.1 Å². The summed E-state index contributed by atoms with van der Waals surface area (Å²) in [6.07, 6.45) is 0.180. The highest BCUT2D eigenvalue weighted by atomic mass is 32.1. The lowest BCUT2D eigenvalue weighted by molar-refractivity contribution is 0.240. The van der Waals surface area contributed by atoms with Gasteiger partial charge in [0.1, 0.15) is 5.75 Å². The van der Waals surface area contributed by atoms with Crippen molar-refractivity contribution in [2.24, 2.45) is 0 Å². The second-order valence-corrected chi connectivity index (χ2v) is 6.05. The van der Waals surface area contributed by atoms with Crippen molar-refractivity contribution in [1.82, 2.24) is 4.98 Å². The lowest BCUT2D eigenvalue weighted by Gasteiger charge is -2.15. The van der Waals surface area contributed by atoms with E-state index < -0.39 is 0 Å². The van der Waals surface area contributed by atoms with E-state index in [9.17, 15) is 0 Å². The maximum Gasteiger partial charge on any atom is 0.124 e. The van der Waals surface area contributed by atoms with E-state index in [1.54, 1.807) is 11.3 Å². The van der Waals surface area contributed by atoms with Gasteiger partial charge in [-0.15, -0.1) is 11.3 Å². The van der Waals surface area contributed by atoms with E-state index in [1.807, 2.05) is 43.6 Å². The Morgan fingerprint density at radius 1 is 1.19 bits per heavy atom. The summed E-state index contributed by atoms with van der Waals surface area (Å²) < 4.78 is 7.04. The maximum atomic E-state index is 5.84. The molecule has 0 unspecified atom stereocenters. The smallest absolute Gasteiger partial charge is 0.124 e. The molecular formula is C17H18N2OS. The van der Waals surface area contributed by atoms with Gasteiger partial charge in [0.15, 0.2) is 0 Å². The number of ether oxygens (including phenoxy) is 1. The molecule has 0 aliphatic heterocycles. The van der Waals surface area contributed by atoms with Gasteiger partial charge in [0.25, 0.3) is 0 Å². The molecule has 0 aliphatic rings. The van der Waals surface area contributed by atoms with Crippen molar-refractivity contribution in [3.63, 3.8) is 0 Å². The lowest BCUT2D eigenvalue weighted by Crippen LogP contribution is -2.09. The second-order valence-electron chi connectivity index (χ2n) is 5.16. The number of aromatic nitrogens is 1. The zero-order chi connectivity index (χ0) is 14.7. The number of thiazole rings is 1. The van der Waals surface area contributed by atoms with Crippen LogP contribution in [0.4, 0.5) is 5.69 Å². The third-order valence-electron chi connectivity index (χ3n) is 3.15. The Labute approximate surface area is 128 Å². The van der Waals surface area contributed by atoms with E-state index in [0.29, 0.717) is 0 Å². The molecule has 0 fully saturated rings. The number of hydrogen-bond acceptors (Lipinski definition) is 4. The lowest BCUT2D eigenvalue weighted by atomic mass is 10.2. The molecule has 0 aliphatic carbocycles. The Kier molecular flexibility index (Phi) is 4.06. The number of nitrogens with one attached hydrogen (secondary N) is 1. The van der Waals surface area contributed by atoms with Gasteiger partial charge in [0, 0.05) is 17.8 Å². The van der Waals surface area contributed by atoms with Gasteiger partial charge in [-0.3, -0.25) is 0 Å². The van der Waals surface area contributed by atoms with Crippen LogP contribution in [0.25, 0.3) is 10.2 Å². The van der Waals surface area contributed by atoms with Crippen LogP contribution in [0.1, 0.15) is 19.4 Å². The Morgan fingerprint density at radius 3 is 2.90 bits per heavy atom. The highest BCUT2D eigenvalue weighted by Crippen LogP contribution is 2.24. The van der Waals surface area contributed by atoms with Gasteiger partial charge in [-0.25, -0.2) is 4.98 Å². The molecule has 0 saturated carbocycles.